The first-order chi connectivity index (χ1) is 12.1. The average Bonchev–Trinajstić information content (AvgIpc) is 2.61. The van der Waals surface area contributed by atoms with E-state index in [1.807, 2.05) is 38.1 Å². The highest BCUT2D eigenvalue weighted by atomic mass is 16.5. The quantitative estimate of drug-likeness (QED) is 0.377. The summed E-state index contributed by atoms with van der Waals surface area (Å²) in [6.07, 6.45) is 0. The summed E-state index contributed by atoms with van der Waals surface area (Å²) in [6, 6.07) is 7.61. The van der Waals surface area contributed by atoms with Crippen molar-refractivity contribution >= 4 is 11.9 Å². The lowest BCUT2D eigenvalue weighted by Crippen LogP contribution is -2.39. The Hall–Kier alpha value is -2.28. The van der Waals surface area contributed by atoms with E-state index in [9.17, 15) is 4.79 Å². The Balaban J connectivity index is 2.57. The van der Waals surface area contributed by atoms with Crippen LogP contribution in [0.3, 0.4) is 0 Å². The molecule has 0 aromatic heterocycles. The first-order valence-corrected chi connectivity index (χ1v) is 8.58. The molecule has 1 amide bonds. The molecule has 0 aliphatic heterocycles. The van der Waals surface area contributed by atoms with Crippen molar-refractivity contribution in [3.8, 4) is 5.75 Å². The molecule has 0 aliphatic rings. The van der Waals surface area contributed by atoms with E-state index >= 15 is 0 Å². The van der Waals surface area contributed by atoms with E-state index in [1.54, 1.807) is 14.1 Å². The third-order valence-electron chi connectivity index (χ3n) is 3.27. The molecule has 0 aliphatic carbocycles. The molecule has 25 heavy (non-hydrogen) atoms. The Morgan fingerprint density at radius 2 is 2.04 bits per heavy atom. The maximum absolute atomic E-state index is 11.6. The molecule has 0 radical (unpaired) electrons. The SMILES string of the molecule is CCNC(=NCc1cccc(OCC(=O)N(C)C)c1)NCCOCC. The standard InChI is InChI=1S/C18H30N4O3/c1-5-19-18(20-10-11-24-6-2)21-13-15-8-7-9-16(12-15)25-14-17(23)22(3)4/h7-9,12H,5-6,10-11,13-14H2,1-4H3,(H2,19,20,21). The summed E-state index contributed by atoms with van der Waals surface area (Å²) in [6.45, 7) is 7.38. The highest BCUT2D eigenvalue weighted by molar-refractivity contribution is 5.79. The van der Waals surface area contributed by atoms with Gasteiger partial charge < -0.3 is 25.0 Å². The lowest BCUT2D eigenvalue weighted by molar-refractivity contribution is -0.130. The highest BCUT2D eigenvalue weighted by Crippen LogP contribution is 2.14. The number of guanidine groups is 1. The van der Waals surface area contributed by atoms with Gasteiger partial charge in [-0.3, -0.25) is 4.79 Å². The van der Waals surface area contributed by atoms with Crippen molar-refractivity contribution in [1.29, 1.82) is 0 Å². The van der Waals surface area contributed by atoms with Gasteiger partial charge in [-0.05, 0) is 31.5 Å². The minimum Gasteiger partial charge on any atom is -0.484 e. The van der Waals surface area contributed by atoms with E-state index in [-0.39, 0.29) is 12.5 Å². The molecule has 0 saturated heterocycles. The minimum atomic E-state index is -0.0728. The fraction of sp³-hybridized carbons (Fsp3) is 0.556. The summed E-state index contributed by atoms with van der Waals surface area (Å²) in [5, 5.41) is 6.42. The molecule has 1 rings (SSSR count). The average molecular weight is 350 g/mol. The maximum Gasteiger partial charge on any atom is 0.259 e. The van der Waals surface area contributed by atoms with Crippen molar-refractivity contribution in [2.24, 2.45) is 4.99 Å². The van der Waals surface area contributed by atoms with Crippen molar-refractivity contribution in [3.63, 3.8) is 0 Å². The van der Waals surface area contributed by atoms with E-state index in [4.69, 9.17) is 9.47 Å². The van der Waals surface area contributed by atoms with Gasteiger partial charge in [0.15, 0.2) is 12.6 Å². The molecule has 0 saturated carbocycles. The number of ether oxygens (including phenoxy) is 2. The number of aliphatic imine (C=N–C) groups is 1. The van der Waals surface area contributed by atoms with Crippen molar-refractivity contribution in [2.45, 2.75) is 20.4 Å². The number of benzene rings is 1. The second-order valence-corrected chi connectivity index (χ2v) is 5.54. The molecule has 2 N–H and O–H groups in total. The van der Waals surface area contributed by atoms with Crippen LogP contribution in [0.15, 0.2) is 29.3 Å². The molecule has 0 heterocycles. The number of hydrogen-bond acceptors (Lipinski definition) is 4. The Labute approximate surface area is 150 Å². The Kier molecular flexibility index (Phi) is 10.1. The number of amides is 1. The summed E-state index contributed by atoms with van der Waals surface area (Å²) in [5.41, 5.74) is 1.01. The van der Waals surface area contributed by atoms with Gasteiger partial charge >= 0.3 is 0 Å². The smallest absolute Gasteiger partial charge is 0.259 e. The topological polar surface area (TPSA) is 75.2 Å². The fourth-order valence-electron chi connectivity index (χ4n) is 1.91. The molecular weight excluding hydrogens is 320 g/mol. The first-order valence-electron chi connectivity index (χ1n) is 8.58. The van der Waals surface area contributed by atoms with Gasteiger partial charge in [0.2, 0.25) is 0 Å². The summed E-state index contributed by atoms with van der Waals surface area (Å²) < 4.78 is 10.8. The predicted octanol–water partition coefficient (Wildman–Crippen LogP) is 1.25. The Bertz CT molecular complexity index is 547. The Morgan fingerprint density at radius 3 is 2.72 bits per heavy atom. The van der Waals surface area contributed by atoms with E-state index in [0.29, 0.717) is 32.1 Å². The van der Waals surface area contributed by atoms with Gasteiger partial charge in [0.05, 0.1) is 13.2 Å². The van der Waals surface area contributed by atoms with E-state index in [2.05, 4.69) is 15.6 Å². The van der Waals surface area contributed by atoms with Crippen LogP contribution in [0.25, 0.3) is 0 Å². The predicted molar refractivity (Wildman–Crippen MR) is 99.9 cm³/mol. The van der Waals surface area contributed by atoms with Gasteiger partial charge in [-0.15, -0.1) is 0 Å². The number of carbonyl (C=O) groups excluding carboxylic acids is 1. The monoisotopic (exact) mass is 350 g/mol. The van der Waals surface area contributed by atoms with E-state index < -0.39 is 0 Å². The lowest BCUT2D eigenvalue weighted by atomic mass is 10.2. The second-order valence-electron chi connectivity index (χ2n) is 5.54. The lowest BCUT2D eigenvalue weighted by Gasteiger charge is -2.12. The van der Waals surface area contributed by atoms with E-state index in [0.717, 1.165) is 18.1 Å². The zero-order valence-electron chi connectivity index (χ0n) is 15.7. The van der Waals surface area contributed by atoms with Crippen LogP contribution in [-0.4, -0.2) is 63.8 Å². The molecule has 7 nitrogen and oxygen atoms in total. The molecule has 0 atom stereocenters. The van der Waals surface area contributed by atoms with Gasteiger partial charge in [0.25, 0.3) is 5.91 Å². The molecular formula is C18H30N4O3. The summed E-state index contributed by atoms with van der Waals surface area (Å²) >= 11 is 0. The van der Waals surface area contributed by atoms with Crippen LogP contribution in [-0.2, 0) is 16.1 Å². The van der Waals surface area contributed by atoms with Gasteiger partial charge in [-0.1, -0.05) is 12.1 Å². The number of rotatable bonds is 10. The Morgan fingerprint density at radius 1 is 1.24 bits per heavy atom. The third kappa shape index (κ3) is 8.95. The number of nitrogens with zero attached hydrogens (tertiary/aromatic N) is 2. The van der Waals surface area contributed by atoms with E-state index in [1.165, 1.54) is 4.90 Å². The zero-order valence-corrected chi connectivity index (χ0v) is 15.7. The number of nitrogens with one attached hydrogen (secondary N) is 2. The van der Waals surface area contributed by atoms with Crippen LogP contribution in [0.4, 0.5) is 0 Å². The summed E-state index contributed by atoms with van der Waals surface area (Å²) in [7, 11) is 3.41. The number of hydrogen-bond donors (Lipinski definition) is 2. The molecule has 140 valence electrons. The van der Waals surface area contributed by atoms with Crippen LogP contribution >= 0.6 is 0 Å². The second kappa shape index (κ2) is 12.1. The first kappa shape index (κ1) is 20.8. The summed E-state index contributed by atoms with van der Waals surface area (Å²) in [5.74, 6) is 1.34. The van der Waals surface area contributed by atoms with Gasteiger partial charge in [-0.2, -0.15) is 0 Å². The van der Waals surface area contributed by atoms with Gasteiger partial charge in [-0.25, -0.2) is 4.99 Å². The van der Waals surface area contributed by atoms with Crippen LogP contribution in [0.2, 0.25) is 0 Å². The van der Waals surface area contributed by atoms with Crippen molar-refractivity contribution in [1.82, 2.24) is 15.5 Å². The van der Waals surface area contributed by atoms with Crippen molar-refractivity contribution in [3.05, 3.63) is 29.8 Å². The normalized spacial score (nSPS) is 11.1. The number of likely N-dealkylation sites (N-methyl/N-ethyl adjacent to an activating group) is 1. The molecule has 0 unspecified atom stereocenters. The van der Waals surface area contributed by atoms with Gasteiger partial charge in [0.1, 0.15) is 5.75 Å². The molecule has 0 spiro atoms. The fourth-order valence-corrected chi connectivity index (χ4v) is 1.91. The zero-order chi connectivity index (χ0) is 18.5. The molecule has 1 aromatic rings. The van der Waals surface area contributed by atoms with Crippen molar-refractivity contribution in [2.75, 3.05) is 47.0 Å². The number of carbonyl (C=O) groups is 1. The largest absolute Gasteiger partial charge is 0.484 e. The maximum atomic E-state index is 11.6. The molecule has 7 heteroatoms. The highest BCUT2D eigenvalue weighted by Gasteiger charge is 2.05. The minimum absolute atomic E-state index is 0.0291. The van der Waals surface area contributed by atoms with Crippen LogP contribution in [0.1, 0.15) is 19.4 Å². The van der Waals surface area contributed by atoms with Crippen LogP contribution in [0, 0.1) is 0 Å². The molecule has 1 aromatic carbocycles. The van der Waals surface area contributed by atoms with Crippen LogP contribution < -0.4 is 15.4 Å². The molecule has 0 bridgehead atoms. The third-order valence-corrected chi connectivity index (χ3v) is 3.27. The van der Waals surface area contributed by atoms with Gasteiger partial charge in [0, 0.05) is 33.8 Å². The van der Waals surface area contributed by atoms with Crippen LogP contribution in [0.5, 0.6) is 5.75 Å². The summed E-state index contributed by atoms with van der Waals surface area (Å²) in [4.78, 5) is 17.6. The van der Waals surface area contributed by atoms with Crippen molar-refractivity contribution < 1.29 is 14.3 Å². The molecule has 0 fully saturated rings.